The number of fused-ring (bicyclic) bond motifs is 2. The van der Waals surface area contributed by atoms with Gasteiger partial charge in [0.25, 0.3) is 5.91 Å². The SMILES string of the molecule is N#Cc1ccc2nccc(NCCc3ccc4cc(C(=O)N5CCN(C(=O)CCOCCOCCOCCN)CC5)ccc4c3)c2c1. The first-order chi connectivity index (χ1) is 23.1. The van der Waals surface area contributed by atoms with Crippen molar-refractivity contribution < 1.29 is 23.8 Å². The summed E-state index contributed by atoms with van der Waals surface area (Å²) in [6.07, 6.45) is 2.89. The Hall–Kier alpha value is -4.60. The van der Waals surface area contributed by atoms with E-state index in [4.69, 9.17) is 19.9 Å². The number of carbonyl (C=O) groups is 2. The van der Waals surface area contributed by atoms with Crippen LogP contribution in [0, 0.1) is 11.3 Å². The summed E-state index contributed by atoms with van der Waals surface area (Å²) in [6, 6.07) is 21.8. The van der Waals surface area contributed by atoms with Crippen molar-refractivity contribution in [2.45, 2.75) is 12.8 Å². The summed E-state index contributed by atoms with van der Waals surface area (Å²) in [5, 5.41) is 15.8. The lowest BCUT2D eigenvalue weighted by Crippen LogP contribution is -2.50. The van der Waals surface area contributed by atoms with Gasteiger partial charge in [-0.15, -0.1) is 0 Å². The highest BCUT2D eigenvalue weighted by Crippen LogP contribution is 2.24. The lowest BCUT2D eigenvalue weighted by atomic mass is 10.0. The van der Waals surface area contributed by atoms with Crippen molar-refractivity contribution in [2.75, 3.05) is 84.2 Å². The molecule has 246 valence electrons. The number of nitrogens with one attached hydrogen (secondary N) is 1. The van der Waals surface area contributed by atoms with Crippen LogP contribution in [-0.2, 0) is 25.4 Å². The number of carbonyl (C=O) groups excluding carboxylic acids is 2. The van der Waals surface area contributed by atoms with Crippen LogP contribution in [0.15, 0.2) is 66.9 Å². The molecule has 47 heavy (non-hydrogen) atoms. The van der Waals surface area contributed by atoms with Crippen molar-refractivity contribution in [2.24, 2.45) is 5.73 Å². The van der Waals surface area contributed by atoms with Crippen LogP contribution in [0.3, 0.4) is 0 Å². The van der Waals surface area contributed by atoms with Gasteiger partial charge in [0.2, 0.25) is 5.91 Å². The number of nitriles is 1. The van der Waals surface area contributed by atoms with Crippen LogP contribution in [0.5, 0.6) is 0 Å². The van der Waals surface area contributed by atoms with Gasteiger partial charge in [0.05, 0.1) is 63.2 Å². The number of piperazine rings is 1. The predicted octanol–water partition coefficient (Wildman–Crippen LogP) is 3.60. The van der Waals surface area contributed by atoms with E-state index in [1.54, 1.807) is 17.2 Å². The second-order valence-electron chi connectivity index (χ2n) is 11.3. The number of benzene rings is 3. The fourth-order valence-corrected chi connectivity index (χ4v) is 5.58. The quantitative estimate of drug-likeness (QED) is 0.176. The number of hydrogen-bond acceptors (Lipinski definition) is 9. The third-order valence-corrected chi connectivity index (χ3v) is 8.14. The lowest BCUT2D eigenvalue weighted by Gasteiger charge is -2.35. The molecule has 1 aromatic heterocycles. The molecule has 2 heterocycles. The van der Waals surface area contributed by atoms with E-state index in [2.05, 4.69) is 34.6 Å². The van der Waals surface area contributed by atoms with Crippen molar-refractivity contribution in [1.29, 1.82) is 5.26 Å². The average Bonchev–Trinajstić information content (AvgIpc) is 3.11. The van der Waals surface area contributed by atoms with E-state index < -0.39 is 0 Å². The van der Waals surface area contributed by atoms with Crippen LogP contribution in [-0.4, -0.2) is 106 Å². The van der Waals surface area contributed by atoms with E-state index in [1.807, 2.05) is 41.3 Å². The minimum absolute atomic E-state index is 0.0202. The molecule has 2 amide bonds. The molecule has 0 bridgehead atoms. The zero-order valence-corrected chi connectivity index (χ0v) is 26.7. The summed E-state index contributed by atoms with van der Waals surface area (Å²) < 4.78 is 16.2. The highest BCUT2D eigenvalue weighted by Gasteiger charge is 2.25. The van der Waals surface area contributed by atoms with Crippen molar-refractivity contribution in [1.82, 2.24) is 14.8 Å². The van der Waals surface area contributed by atoms with Gasteiger partial charge in [0.15, 0.2) is 0 Å². The van der Waals surface area contributed by atoms with E-state index in [-0.39, 0.29) is 11.8 Å². The molecular formula is C36H42N6O5. The van der Waals surface area contributed by atoms with E-state index in [9.17, 15) is 14.9 Å². The number of nitrogens with two attached hydrogens (primary N) is 1. The first-order valence-corrected chi connectivity index (χ1v) is 16.1. The Balaban J connectivity index is 1.04. The number of aromatic nitrogens is 1. The molecule has 3 aromatic carbocycles. The maximum absolute atomic E-state index is 13.3. The standard InChI is InChI=1S/C36H42N6O5/c37-10-18-46-20-22-47-21-19-45-17-9-35(43)41-13-15-42(16-14-41)36(44)31-5-4-29-23-27(1-3-30(29)25-31)7-11-39-34-8-12-40-33-6-2-28(26-38)24-32(33)34/h1-6,8,12,23-25H,7,9-11,13-22,37H2,(H,39,40). The number of ether oxygens (including phenoxy) is 3. The van der Waals surface area contributed by atoms with E-state index in [0.29, 0.717) is 89.9 Å². The van der Waals surface area contributed by atoms with Crippen LogP contribution >= 0.6 is 0 Å². The smallest absolute Gasteiger partial charge is 0.253 e. The number of hydrogen-bond donors (Lipinski definition) is 2. The molecule has 0 spiro atoms. The Bertz CT molecular complexity index is 1700. The molecule has 0 atom stereocenters. The molecule has 0 saturated carbocycles. The molecule has 11 heteroatoms. The van der Waals surface area contributed by atoms with Crippen molar-refractivity contribution in [3.05, 3.63) is 83.6 Å². The Kier molecular flexibility index (Phi) is 12.5. The highest BCUT2D eigenvalue weighted by molar-refractivity contribution is 5.99. The summed E-state index contributed by atoms with van der Waals surface area (Å²) in [5.41, 5.74) is 9.60. The molecule has 0 aliphatic carbocycles. The zero-order chi connectivity index (χ0) is 32.8. The maximum atomic E-state index is 13.3. The largest absolute Gasteiger partial charge is 0.384 e. The third-order valence-electron chi connectivity index (χ3n) is 8.14. The van der Waals surface area contributed by atoms with Crippen molar-refractivity contribution >= 4 is 39.2 Å². The van der Waals surface area contributed by atoms with Gasteiger partial charge >= 0.3 is 0 Å². The van der Waals surface area contributed by atoms with Gasteiger partial charge in [-0.1, -0.05) is 24.3 Å². The minimum Gasteiger partial charge on any atom is -0.384 e. The summed E-state index contributed by atoms with van der Waals surface area (Å²) in [5.74, 6) is 0.0142. The summed E-state index contributed by atoms with van der Waals surface area (Å²) >= 11 is 0. The molecule has 1 aliphatic heterocycles. The Morgan fingerprint density at radius 1 is 0.830 bits per heavy atom. The van der Waals surface area contributed by atoms with Crippen LogP contribution in [0.1, 0.15) is 27.9 Å². The van der Waals surface area contributed by atoms with Gasteiger partial charge in [0, 0.05) is 62.1 Å². The lowest BCUT2D eigenvalue weighted by molar-refractivity contribution is -0.134. The second-order valence-corrected chi connectivity index (χ2v) is 11.3. The average molecular weight is 639 g/mol. The molecular weight excluding hydrogens is 596 g/mol. The van der Waals surface area contributed by atoms with Crippen LogP contribution in [0.4, 0.5) is 5.69 Å². The molecule has 1 aliphatic rings. The topological polar surface area (TPSA) is 143 Å². The van der Waals surface area contributed by atoms with Crippen LogP contribution < -0.4 is 11.1 Å². The molecule has 0 radical (unpaired) electrons. The minimum atomic E-state index is -0.0202. The van der Waals surface area contributed by atoms with Gasteiger partial charge in [-0.05, 0) is 59.2 Å². The summed E-state index contributed by atoms with van der Waals surface area (Å²) in [7, 11) is 0. The number of nitrogens with zero attached hydrogens (tertiary/aromatic N) is 4. The summed E-state index contributed by atoms with van der Waals surface area (Å²) in [6.45, 7) is 5.97. The van der Waals surface area contributed by atoms with Gasteiger partial charge in [0.1, 0.15) is 0 Å². The number of anilines is 1. The van der Waals surface area contributed by atoms with Crippen molar-refractivity contribution in [3.63, 3.8) is 0 Å². The zero-order valence-electron chi connectivity index (χ0n) is 26.7. The van der Waals surface area contributed by atoms with Gasteiger partial charge in [-0.25, -0.2) is 0 Å². The number of pyridine rings is 1. The van der Waals surface area contributed by atoms with E-state index in [1.165, 1.54) is 5.56 Å². The first-order valence-electron chi connectivity index (χ1n) is 16.1. The number of rotatable bonds is 16. The molecule has 11 nitrogen and oxygen atoms in total. The Morgan fingerprint density at radius 3 is 2.30 bits per heavy atom. The fourth-order valence-electron chi connectivity index (χ4n) is 5.58. The molecule has 5 rings (SSSR count). The van der Waals surface area contributed by atoms with E-state index in [0.717, 1.165) is 40.3 Å². The number of amides is 2. The monoisotopic (exact) mass is 638 g/mol. The Labute approximate surface area is 275 Å². The van der Waals surface area contributed by atoms with Crippen LogP contribution in [0.2, 0.25) is 0 Å². The predicted molar refractivity (Wildman–Crippen MR) is 181 cm³/mol. The van der Waals surface area contributed by atoms with Crippen LogP contribution in [0.25, 0.3) is 21.7 Å². The summed E-state index contributed by atoms with van der Waals surface area (Å²) in [4.78, 5) is 34.0. The van der Waals surface area contributed by atoms with Gasteiger partial charge in [-0.2, -0.15) is 5.26 Å². The van der Waals surface area contributed by atoms with E-state index >= 15 is 0 Å². The highest BCUT2D eigenvalue weighted by atomic mass is 16.5. The van der Waals surface area contributed by atoms with Crippen molar-refractivity contribution in [3.8, 4) is 6.07 Å². The molecule has 0 unspecified atom stereocenters. The molecule has 4 aromatic rings. The van der Waals surface area contributed by atoms with Gasteiger partial charge < -0.3 is 35.1 Å². The van der Waals surface area contributed by atoms with Gasteiger partial charge in [-0.3, -0.25) is 14.6 Å². The normalized spacial score (nSPS) is 13.2. The Morgan fingerprint density at radius 2 is 1.53 bits per heavy atom. The molecule has 3 N–H and O–H groups in total. The fraction of sp³-hybridized carbons (Fsp3) is 0.389. The second kappa shape index (κ2) is 17.4. The third kappa shape index (κ3) is 9.47. The maximum Gasteiger partial charge on any atom is 0.253 e. The first kappa shape index (κ1) is 33.8. The molecule has 1 fully saturated rings. The molecule has 1 saturated heterocycles.